The Hall–Kier alpha value is -0.240. The van der Waals surface area contributed by atoms with Crippen LogP contribution in [0.4, 0.5) is 0 Å². The molecular formula is C5H7OS. The largest absolute Gasteiger partial charge is 0.290 e. The molecule has 0 bridgehead atoms. The molecule has 39 valence electrons. The summed E-state index contributed by atoms with van der Waals surface area (Å²) in [4.78, 5) is 9.50. The Bertz CT molecular complexity index is 53.1. The maximum absolute atomic E-state index is 9.50. The summed E-state index contributed by atoms with van der Waals surface area (Å²) in [5.74, 6) is 1.31. The highest BCUT2D eigenvalue weighted by atomic mass is 32.2. The Labute approximate surface area is 47.8 Å². The minimum Gasteiger partial charge on any atom is -0.290 e. The number of hydrogen-bond donors (Lipinski definition) is 0. The molecule has 0 aliphatic heterocycles. The first-order chi connectivity index (χ1) is 3.41. The highest BCUT2D eigenvalue weighted by Gasteiger charge is 1.78. The summed E-state index contributed by atoms with van der Waals surface area (Å²) in [5, 5.41) is 0. The van der Waals surface area contributed by atoms with E-state index >= 15 is 0 Å². The molecule has 0 spiro atoms. The van der Waals surface area contributed by atoms with E-state index in [-0.39, 0.29) is 0 Å². The van der Waals surface area contributed by atoms with Gasteiger partial charge in [-0.25, -0.2) is 0 Å². The summed E-state index contributed by atoms with van der Waals surface area (Å²) >= 11 is 1.51. The van der Waals surface area contributed by atoms with E-state index in [4.69, 9.17) is 0 Å². The topological polar surface area (TPSA) is 17.1 Å². The first-order valence-corrected chi connectivity index (χ1v) is 3.11. The number of hydrogen-bond acceptors (Lipinski definition) is 2. The Kier molecular flexibility index (Phi) is 5.56. The zero-order valence-electron chi connectivity index (χ0n) is 4.02. The van der Waals surface area contributed by atoms with Crippen molar-refractivity contribution < 1.29 is 4.79 Å². The molecule has 2 heteroatoms. The Morgan fingerprint density at radius 1 is 1.86 bits per heavy atom. The maximum atomic E-state index is 9.50. The zero-order chi connectivity index (χ0) is 5.54. The standard InChI is InChI=1S/C5H7OS/c1-2-4-7-5-3-6/h2H,1,4-5H2. The van der Waals surface area contributed by atoms with Crippen molar-refractivity contribution in [2.24, 2.45) is 0 Å². The van der Waals surface area contributed by atoms with Crippen LogP contribution in [0.1, 0.15) is 0 Å². The van der Waals surface area contributed by atoms with Gasteiger partial charge in [0.1, 0.15) is 0 Å². The second-order valence-electron chi connectivity index (χ2n) is 0.948. The minimum absolute atomic E-state index is 0.464. The molecule has 0 aromatic carbocycles. The van der Waals surface area contributed by atoms with E-state index in [9.17, 15) is 4.79 Å². The van der Waals surface area contributed by atoms with Crippen molar-refractivity contribution in [3.05, 3.63) is 12.7 Å². The van der Waals surface area contributed by atoms with Gasteiger partial charge in [-0.05, 0) is 0 Å². The molecule has 0 aliphatic carbocycles. The van der Waals surface area contributed by atoms with Gasteiger partial charge >= 0.3 is 0 Å². The van der Waals surface area contributed by atoms with Crippen molar-refractivity contribution in [2.45, 2.75) is 0 Å². The molecule has 0 aliphatic rings. The third-order valence-corrected chi connectivity index (χ3v) is 1.19. The fourth-order valence-electron chi connectivity index (χ4n) is 0.184. The number of thioether (sulfide) groups is 1. The molecule has 0 N–H and O–H groups in total. The maximum Gasteiger partial charge on any atom is 0.209 e. The van der Waals surface area contributed by atoms with Crippen LogP contribution in [0, 0.1) is 0 Å². The molecule has 7 heavy (non-hydrogen) atoms. The third kappa shape index (κ3) is 5.76. The highest BCUT2D eigenvalue weighted by Crippen LogP contribution is 1.94. The van der Waals surface area contributed by atoms with Gasteiger partial charge in [0.15, 0.2) is 0 Å². The first-order valence-electron chi connectivity index (χ1n) is 1.95. The van der Waals surface area contributed by atoms with Crippen LogP contribution < -0.4 is 0 Å². The lowest BCUT2D eigenvalue weighted by Gasteiger charge is -1.81. The van der Waals surface area contributed by atoms with E-state index in [1.165, 1.54) is 11.8 Å². The second kappa shape index (κ2) is 5.76. The van der Waals surface area contributed by atoms with Crippen molar-refractivity contribution in [3.8, 4) is 0 Å². The normalized spacial score (nSPS) is 8.00. The van der Waals surface area contributed by atoms with E-state index in [0.29, 0.717) is 5.75 Å². The van der Waals surface area contributed by atoms with Crippen molar-refractivity contribution in [1.29, 1.82) is 0 Å². The lowest BCUT2D eigenvalue weighted by Crippen LogP contribution is -1.77. The fourth-order valence-corrected chi connectivity index (χ4v) is 0.552. The molecule has 0 amide bonds. The Balaban J connectivity index is 2.68. The fraction of sp³-hybridized carbons (Fsp3) is 0.400. The van der Waals surface area contributed by atoms with Crippen molar-refractivity contribution >= 4 is 18.0 Å². The Morgan fingerprint density at radius 2 is 2.57 bits per heavy atom. The molecule has 0 rings (SSSR count). The molecule has 0 fully saturated rings. The van der Waals surface area contributed by atoms with E-state index in [1.807, 2.05) is 0 Å². The zero-order valence-corrected chi connectivity index (χ0v) is 4.83. The third-order valence-electron chi connectivity index (χ3n) is 0.397. The summed E-state index contributed by atoms with van der Waals surface area (Å²) < 4.78 is 0. The van der Waals surface area contributed by atoms with Gasteiger partial charge in [0.25, 0.3) is 0 Å². The van der Waals surface area contributed by atoms with E-state index < -0.39 is 0 Å². The van der Waals surface area contributed by atoms with Gasteiger partial charge < -0.3 is 0 Å². The van der Waals surface area contributed by atoms with Crippen LogP contribution in [-0.4, -0.2) is 17.8 Å². The SMILES string of the molecule is C=CCSC[C]=O. The summed E-state index contributed by atoms with van der Waals surface area (Å²) in [7, 11) is 0. The van der Waals surface area contributed by atoms with Crippen LogP contribution in [0.2, 0.25) is 0 Å². The lowest BCUT2D eigenvalue weighted by molar-refractivity contribution is 0.560. The molecule has 0 saturated heterocycles. The minimum atomic E-state index is 0.464. The van der Waals surface area contributed by atoms with Gasteiger partial charge in [0.05, 0.1) is 5.75 Å². The van der Waals surface area contributed by atoms with Crippen LogP contribution in [0.15, 0.2) is 12.7 Å². The molecular weight excluding hydrogens is 108 g/mol. The van der Waals surface area contributed by atoms with Gasteiger partial charge in [-0.3, -0.25) is 4.79 Å². The predicted octanol–water partition coefficient (Wildman–Crippen LogP) is 1.02. The monoisotopic (exact) mass is 115 g/mol. The molecule has 0 unspecified atom stereocenters. The molecule has 0 heterocycles. The Morgan fingerprint density at radius 3 is 3.00 bits per heavy atom. The summed E-state index contributed by atoms with van der Waals surface area (Å²) in [6.07, 6.45) is 3.53. The number of rotatable bonds is 4. The van der Waals surface area contributed by atoms with Crippen molar-refractivity contribution in [3.63, 3.8) is 0 Å². The first kappa shape index (κ1) is 6.76. The molecule has 0 aromatic heterocycles. The smallest absolute Gasteiger partial charge is 0.209 e. The quantitative estimate of drug-likeness (QED) is 0.402. The lowest BCUT2D eigenvalue weighted by atomic mass is 10.8. The molecule has 0 aromatic rings. The van der Waals surface area contributed by atoms with Gasteiger partial charge in [0.2, 0.25) is 6.29 Å². The van der Waals surface area contributed by atoms with Crippen molar-refractivity contribution in [2.75, 3.05) is 11.5 Å². The second-order valence-corrected chi connectivity index (χ2v) is 1.98. The predicted molar refractivity (Wildman–Crippen MR) is 33.2 cm³/mol. The summed E-state index contributed by atoms with van der Waals surface area (Å²) in [6.45, 7) is 3.48. The van der Waals surface area contributed by atoms with Crippen LogP contribution in [0.5, 0.6) is 0 Å². The molecule has 0 saturated carbocycles. The highest BCUT2D eigenvalue weighted by molar-refractivity contribution is 7.99. The summed E-state index contributed by atoms with van der Waals surface area (Å²) in [5.41, 5.74) is 0. The van der Waals surface area contributed by atoms with E-state index in [2.05, 4.69) is 6.58 Å². The van der Waals surface area contributed by atoms with Crippen LogP contribution in [-0.2, 0) is 4.79 Å². The van der Waals surface area contributed by atoms with Crippen LogP contribution in [0.25, 0.3) is 0 Å². The molecule has 1 nitrogen and oxygen atoms in total. The van der Waals surface area contributed by atoms with E-state index in [1.54, 1.807) is 12.4 Å². The average molecular weight is 115 g/mol. The van der Waals surface area contributed by atoms with Crippen molar-refractivity contribution in [1.82, 2.24) is 0 Å². The number of carbonyl (C=O) groups excluding carboxylic acids is 1. The van der Waals surface area contributed by atoms with Gasteiger partial charge in [-0.2, -0.15) is 0 Å². The van der Waals surface area contributed by atoms with Gasteiger partial charge in [-0.15, -0.1) is 18.3 Å². The van der Waals surface area contributed by atoms with Gasteiger partial charge in [0, 0.05) is 5.75 Å². The van der Waals surface area contributed by atoms with Gasteiger partial charge in [-0.1, -0.05) is 6.08 Å². The molecule has 0 atom stereocenters. The average Bonchev–Trinajstić information content (AvgIpc) is 1.69. The molecule has 1 radical (unpaired) electrons. The van der Waals surface area contributed by atoms with E-state index in [0.717, 1.165) is 5.75 Å². The van der Waals surface area contributed by atoms with Crippen LogP contribution >= 0.6 is 11.8 Å². The van der Waals surface area contributed by atoms with Crippen LogP contribution in [0.3, 0.4) is 0 Å². The summed E-state index contributed by atoms with van der Waals surface area (Å²) in [6, 6.07) is 0.